The maximum atomic E-state index is 12.2. The number of benzene rings is 1. The zero-order valence-electron chi connectivity index (χ0n) is 14.9. The minimum absolute atomic E-state index is 0.0693. The monoisotopic (exact) mass is 321 g/mol. The molecule has 0 spiro atoms. The molecule has 5 nitrogen and oxygen atoms in total. The molecule has 0 saturated heterocycles. The number of carbonyl (C=O) groups excluding carboxylic acids is 2. The van der Waals surface area contributed by atoms with Gasteiger partial charge in [0.15, 0.2) is 6.10 Å². The number of amides is 1. The minimum Gasteiger partial charge on any atom is -0.481 e. The number of rotatable bonds is 6. The highest BCUT2D eigenvalue weighted by molar-refractivity contribution is 5.84. The molecule has 1 rings (SSSR count). The van der Waals surface area contributed by atoms with Gasteiger partial charge in [-0.25, -0.2) is 0 Å². The van der Waals surface area contributed by atoms with Crippen molar-refractivity contribution in [3.63, 3.8) is 0 Å². The van der Waals surface area contributed by atoms with Gasteiger partial charge in [0.25, 0.3) is 5.91 Å². The SMILES string of the molecule is CCOC(=O)CN(C)C(=O)C(C)Oc1ccc(C(C)(C)C)cc1. The van der Waals surface area contributed by atoms with Crippen molar-refractivity contribution >= 4 is 11.9 Å². The van der Waals surface area contributed by atoms with E-state index in [2.05, 4.69) is 20.8 Å². The van der Waals surface area contributed by atoms with Gasteiger partial charge in [0, 0.05) is 7.05 Å². The highest BCUT2D eigenvalue weighted by Crippen LogP contribution is 2.24. The second-order valence-electron chi connectivity index (χ2n) is 6.53. The van der Waals surface area contributed by atoms with Gasteiger partial charge in [-0.05, 0) is 37.0 Å². The van der Waals surface area contributed by atoms with Crippen molar-refractivity contribution in [1.82, 2.24) is 4.90 Å². The van der Waals surface area contributed by atoms with E-state index in [9.17, 15) is 9.59 Å². The maximum absolute atomic E-state index is 12.2. The first-order valence-corrected chi connectivity index (χ1v) is 7.83. The molecular formula is C18H27NO4. The third kappa shape index (κ3) is 5.93. The molecule has 0 aliphatic carbocycles. The van der Waals surface area contributed by atoms with Crippen molar-refractivity contribution in [2.24, 2.45) is 0 Å². The molecule has 23 heavy (non-hydrogen) atoms. The summed E-state index contributed by atoms with van der Waals surface area (Å²) in [7, 11) is 1.56. The van der Waals surface area contributed by atoms with E-state index in [0.29, 0.717) is 12.4 Å². The average Bonchev–Trinajstić information content (AvgIpc) is 2.46. The summed E-state index contributed by atoms with van der Waals surface area (Å²) in [6.45, 7) is 10.0. The Bertz CT molecular complexity index is 531. The lowest BCUT2D eigenvalue weighted by Gasteiger charge is -2.22. The van der Waals surface area contributed by atoms with E-state index in [0.717, 1.165) is 0 Å². The van der Waals surface area contributed by atoms with Crippen LogP contribution >= 0.6 is 0 Å². The molecule has 0 aliphatic heterocycles. The second-order valence-corrected chi connectivity index (χ2v) is 6.53. The van der Waals surface area contributed by atoms with Gasteiger partial charge in [-0.1, -0.05) is 32.9 Å². The number of hydrogen-bond donors (Lipinski definition) is 0. The fourth-order valence-electron chi connectivity index (χ4n) is 2.08. The van der Waals surface area contributed by atoms with Gasteiger partial charge in [0.05, 0.1) is 6.61 Å². The van der Waals surface area contributed by atoms with Gasteiger partial charge < -0.3 is 14.4 Å². The van der Waals surface area contributed by atoms with Crippen LogP contribution < -0.4 is 4.74 Å². The van der Waals surface area contributed by atoms with Gasteiger partial charge in [-0.3, -0.25) is 9.59 Å². The summed E-state index contributed by atoms with van der Waals surface area (Å²) >= 11 is 0. The molecule has 1 atom stereocenters. The molecule has 0 aromatic heterocycles. The zero-order valence-corrected chi connectivity index (χ0v) is 14.9. The smallest absolute Gasteiger partial charge is 0.325 e. The Labute approximate surface area is 138 Å². The van der Waals surface area contributed by atoms with E-state index in [-0.39, 0.29) is 17.9 Å². The normalized spacial score (nSPS) is 12.4. The first-order valence-electron chi connectivity index (χ1n) is 7.83. The molecule has 1 aromatic carbocycles. The van der Waals surface area contributed by atoms with E-state index in [1.54, 1.807) is 20.9 Å². The molecule has 0 saturated carbocycles. The number of esters is 1. The van der Waals surface area contributed by atoms with E-state index in [4.69, 9.17) is 9.47 Å². The average molecular weight is 321 g/mol. The summed E-state index contributed by atoms with van der Waals surface area (Å²) < 4.78 is 10.5. The molecule has 0 fully saturated rings. The lowest BCUT2D eigenvalue weighted by molar-refractivity contribution is -0.150. The number of likely N-dealkylation sites (N-methyl/N-ethyl adjacent to an activating group) is 1. The second kappa shape index (κ2) is 7.99. The van der Waals surface area contributed by atoms with Crippen LogP contribution in [-0.2, 0) is 19.7 Å². The van der Waals surface area contributed by atoms with E-state index in [1.165, 1.54) is 10.5 Å². The molecule has 5 heteroatoms. The van der Waals surface area contributed by atoms with Crippen LogP contribution in [0.2, 0.25) is 0 Å². The third-order valence-corrected chi connectivity index (χ3v) is 3.43. The largest absolute Gasteiger partial charge is 0.481 e. The molecule has 0 aliphatic rings. The third-order valence-electron chi connectivity index (χ3n) is 3.43. The van der Waals surface area contributed by atoms with Crippen LogP contribution in [0.25, 0.3) is 0 Å². The Morgan fingerprint density at radius 3 is 2.22 bits per heavy atom. The van der Waals surface area contributed by atoms with Crippen LogP contribution in [0.3, 0.4) is 0 Å². The predicted octanol–water partition coefficient (Wildman–Crippen LogP) is 2.77. The number of ether oxygens (including phenoxy) is 2. The summed E-state index contributed by atoms with van der Waals surface area (Å²) in [6.07, 6.45) is -0.671. The standard InChI is InChI=1S/C18H27NO4/c1-7-22-16(20)12-19(6)17(21)13(2)23-15-10-8-14(9-11-15)18(3,4)5/h8-11,13H,7,12H2,1-6H3. The van der Waals surface area contributed by atoms with Crippen molar-refractivity contribution in [2.45, 2.75) is 46.1 Å². The molecular weight excluding hydrogens is 294 g/mol. The van der Waals surface area contributed by atoms with Crippen molar-refractivity contribution < 1.29 is 19.1 Å². The van der Waals surface area contributed by atoms with Crippen molar-refractivity contribution in [3.8, 4) is 5.75 Å². The van der Waals surface area contributed by atoms with Crippen LogP contribution in [0.15, 0.2) is 24.3 Å². The minimum atomic E-state index is -0.671. The Kier molecular flexibility index (Phi) is 6.61. The molecule has 1 amide bonds. The van der Waals surface area contributed by atoms with Crippen LogP contribution in [0, 0.1) is 0 Å². The number of nitrogens with zero attached hydrogens (tertiary/aromatic N) is 1. The van der Waals surface area contributed by atoms with Crippen molar-refractivity contribution in [3.05, 3.63) is 29.8 Å². The van der Waals surface area contributed by atoms with E-state index >= 15 is 0 Å². The zero-order chi connectivity index (χ0) is 17.6. The topological polar surface area (TPSA) is 55.8 Å². The van der Waals surface area contributed by atoms with Crippen molar-refractivity contribution in [2.75, 3.05) is 20.2 Å². The highest BCUT2D eigenvalue weighted by Gasteiger charge is 2.22. The van der Waals surface area contributed by atoms with Gasteiger partial charge >= 0.3 is 5.97 Å². The Morgan fingerprint density at radius 1 is 1.17 bits per heavy atom. The summed E-state index contributed by atoms with van der Waals surface area (Å²) in [5.74, 6) is -0.0635. The molecule has 0 bridgehead atoms. The summed E-state index contributed by atoms with van der Waals surface area (Å²) in [5, 5.41) is 0. The summed E-state index contributed by atoms with van der Waals surface area (Å²) in [5.41, 5.74) is 1.27. The van der Waals surface area contributed by atoms with E-state index < -0.39 is 12.1 Å². The fourth-order valence-corrected chi connectivity index (χ4v) is 2.08. The maximum Gasteiger partial charge on any atom is 0.325 e. The number of hydrogen-bond acceptors (Lipinski definition) is 4. The molecule has 0 radical (unpaired) electrons. The van der Waals surface area contributed by atoms with Gasteiger partial charge in [0.2, 0.25) is 0 Å². The van der Waals surface area contributed by atoms with E-state index in [1.807, 2.05) is 24.3 Å². The Balaban J connectivity index is 2.62. The Morgan fingerprint density at radius 2 is 1.74 bits per heavy atom. The fraction of sp³-hybridized carbons (Fsp3) is 0.556. The van der Waals surface area contributed by atoms with Gasteiger partial charge in [-0.2, -0.15) is 0 Å². The molecule has 1 unspecified atom stereocenters. The first kappa shape index (κ1) is 19.0. The van der Waals surface area contributed by atoms with Crippen LogP contribution in [0.1, 0.15) is 40.2 Å². The molecule has 0 N–H and O–H groups in total. The molecule has 1 aromatic rings. The number of carbonyl (C=O) groups is 2. The summed E-state index contributed by atoms with van der Waals surface area (Å²) in [4.78, 5) is 24.9. The van der Waals surface area contributed by atoms with Crippen LogP contribution in [0.4, 0.5) is 0 Å². The lowest BCUT2D eigenvalue weighted by Crippen LogP contribution is -2.41. The van der Waals surface area contributed by atoms with Crippen molar-refractivity contribution in [1.29, 1.82) is 0 Å². The molecule has 0 heterocycles. The quantitative estimate of drug-likeness (QED) is 0.756. The Hall–Kier alpha value is -2.04. The van der Waals surface area contributed by atoms with Gasteiger partial charge in [-0.15, -0.1) is 0 Å². The summed E-state index contributed by atoms with van der Waals surface area (Å²) in [6, 6.07) is 7.70. The first-order chi connectivity index (χ1) is 10.6. The van der Waals surface area contributed by atoms with Crippen LogP contribution in [-0.4, -0.2) is 43.1 Å². The molecule has 128 valence electrons. The van der Waals surface area contributed by atoms with Gasteiger partial charge in [0.1, 0.15) is 12.3 Å². The lowest BCUT2D eigenvalue weighted by atomic mass is 9.87. The van der Waals surface area contributed by atoms with Crippen LogP contribution in [0.5, 0.6) is 5.75 Å². The highest BCUT2D eigenvalue weighted by atomic mass is 16.5. The predicted molar refractivity (Wildman–Crippen MR) is 89.5 cm³/mol.